The molecule has 0 atom stereocenters. The number of carbonyl (C=O) groups is 2. The second-order valence-corrected chi connectivity index (χ2v) is 6.27. The Balaban J connectivity index is 1.61. The maximum absolute atomic E-state index is 12.2. The molecule has 1 amide bonds. The van der Waals surface area contributed by atoms with Crippen molar-refractivity contribution >= 4 is 29.5 Å². The second kappa shape index (κ2) is 9.71. The molecule has 3 rings (SSSR count). The summed E-state index contributed by atoms with van der Waals surface area (Å²) < 4.78 is 5.26. The van der Waals surface area contributed by atoms with Crippen LogP contribution in [0.25, 0.3) is 0 Å². The predicted octanol–water partition coefficient (Wildman–Crippen LogP) is 3.49. The fraction of sp³-hybridized carbons (Fsp3) is 0. The number of esters is 1. The van der Waals surface area contributed by atoms with Gasteiger partial charge in [-0.15, -0.1) is 0 Å². The molecule has 0 aliphatic rings. The van der Waals surface area contributed by atoms with Gasteiger partial charge in [-0.25, -0.2) is 10.2 Å². The maximum atomic E-state index is 12.2. The molecule has 0 saturated carbocycles. The molecule has 0 unspecified atom stereocenters. The summed E-state index contributed by atoms with van der Waals surface area (Å²) in [7, 11) is 0. The number of hydrazone groups is 1. The van der Waals surface area contributed by atoms with E-state index in [2.05, 4.69) is 10.5 Å². The van der Waals surface area contributed by atoms with Gasteiger partial charge in [0.25, 0.3) is 17.3 Å². The van der Waals surface area contributed by atoms with Gasteiger partial charge < -0.3 is 4.74 Å². The minimum Gasteiger partial charge on any atom is -0.423 e. The molecule has 0 radical (unpaired) electrons. The minimum atomic E-state index is -0.694. The molecule has 0 saturated heterocycles. The number of nitro benzene ring substituents is 2. The molecule has 32 heavy (non-hydrogen) atoms. The van der Waals surface area contributed by atoms with Gasteiger partial charge in [-0.2, -0.15) is 5.10 Å². The molecule has 0 aliphatic carbocycles. The van der Waals surface area contributed by atoms with E-state index in [1.165, 1.54) is 66.9 Å². The van der Waals surface area contributed by atoms with Crippen LogP contribution in [0.3, 0.4) is 0 Å². The van der Waals surface area contributed by atoms with Crippen molar-refractivity contribution in [1.82, 2.24) is 5.43 Å². The number of ether oxygens (including phenoxy) is 1. The normalized spacial score (nSPS) is 10.5. The van der Waals surface area contributed by atoms with Crippen LogP contribution in [-0.4, -0.2) is 27.9 Å². The third-order valence-corrected chi connectivity index (χ3v) is 4.10. The summed E-state index contributed by atoms with van der Waals surface area (Å²) in [6, 6.07) is 16.3. The van der Waals surface area contributed by atoms with E-state index in [0.717, 1.165) is 0 Å². The first-order valence-electron chi connectivity index (χ1n) is 8.98. The van der Waals surface area contributed by atoms with E-state index < -0.39 is 21.7 Å². The number of nitrogens with zero attached hydrogens (tertiary/aromatic N) is 3. The monoisotopic (exact) mass is 434 g/mol. The number of hydrogen-bond donors (Lipinski definition) is 1. The third-order valence-electron chi connectivity index (χ3n) is 4.10. The first-order chi connectivity index (χ1) is 15.3. The molecule has 3 aromatic rings. The molecule has 160 valence electrons. The largest absolute Gasteiger partial charge is 0.423 e. The average molecular weight is 434 g/mol. The number of amides is 1. The van der Waals surface area contributed by atoms with Crippen LogP contribution >= 0.6 is 0 Å². The van der Waals surface area contributed by atoms with Crippen LogP contribution in [0.15, 0.2) is 77.9 Å². The zero-order chi connectivity index (χ0) is 23.1. The molecule has 0 heterocycles. The van der Waals surface area contributed by atoms with Crippen LogP contribution in [0.1, 0.15) is 26.3 Å². The van der Waals surface area contributed by atoms with Crippen molar-refractivity contribution in [2.75, 3.05) is 0 Å². The maximum Gasteiger partial charge on any atom is 0.343 e. The quantitative estimate of drug-likeness (QED) is 0.196. The fourth-order valence-corrected chi connectivity index (χ4v) is 2.51. The molecule has 11 nitrogen and oxygen atoms in total. The lowest BCUT2D eigenvalue weighted by molar-refractivity contribution is -0.385. The van der Waals surface area contributed by atoms with Crippen molar-refractivity contribution in [3.05, 3.63) is 110 Å². The second-order valence-electron chi connectivity index (χ2n) is 6.27. The fourth-order valence-electron chi connectivity index (χ4n) is 2.51. The Bertz CT molecular complexity index is 1210. The van der Waals surface area contributed by atoms with Gasteiger partial charge in [0.2, 0.25) is 0 Å². The summed E-state index contributed by atoms with van der Waals surface area (Å²) in [5.74, 6) is -1.05. The van der Waals surface area contributed by atoms with Gasteiger partial charge in [0, 0.05) is 29.8 Å². The Morgan fingerprint density at radius 1 is 0.844 bits per heavy atom. The number of non-ortho nitro benzene ring substituents is 2. The van der Waals surface area contributed by atoms with Crippen LogP contribution in [0.2, 0.25) is 0 Å². The van der Waals surface area contributed by atoms with Crippen molar-refractivity contribution in [3.63, 3.8) is 0 Å². The third kappa shape index (κ3) is 5.57. The standard InChI is InChI=1S/C21H14N4O7/c26-20(15-4-8-17(9-5-15)24(28)29)23-22-13-14-2-1-3-19(12-14)32-21(27)16-6-10-18(11-7-16)25(30)31/h1-13H,(H,23,26). The number of benzene rings is 3. The van der Waals surface area contributed by atoms with Crippen molar-refractivity contribution < 1.29 is 24.2 Å². The van der Waals surface area contributed by atoms with Gasteiger partial charge in [0.05, 0.1) is 21.6 Å². The van der Waals surface area contributed by atoms with Crippen LogP contribution < -0.4 is 10.2 Å². The number of hydrogen-bond acceptors (Lipinski definition) is 8. The summed E-state index contributed by atoms with van der Waals surface area (Å²) in [5.41, 5.74) is 2.87. The molecule has 0 spiro atoms. The molecule has 1 N–H and O–H groups in total. The van der Waals surface area contributed by atoms with Crippen LogP contribution in [0.5, 0.6) is 5.75 Å². The molecule has 3 aromatic carbocycles. The van der Waals surface area contributed by atoms with E-state index in [1.807, 2.05) is 0 Å². The Hall–Kier alpha value is -4.93. The summed E-state index contributed by atoms with van der Waals surface area (Å²) in [5, 5.41) is 25.2. The highest BCUT2D eigenvalue weighted by atomic mass is 16.6. The summed E-state index contributed by atoms with van der Waals surface area (Å²) in [6.45, 7) is 0. The molecule has 0 aromatic heterocycles. The van der Waals surface area contributed by atoms with Crippen LogP contribution in [0, 0.1) is 20.2 Å². The van der Waals surface area contributed by atoms with Crippen LogP contribution in [0.4, 0.5) is 11.4 Å². The lowest BCUT2D eigenvalue weighted by atomic mass is 10.2. The zero-order valence-electron chi connectivity index (χ0n) is 16.2. The van der Waals surface area contributed by atoms with Crippen molar-refractivity contribution in [2.24, 2.45) is 5.10 Å². The van der Waals surface area contributed by atoms with Crippen molar-refractivity contribution in [2.45, 2.75) is 0 Å². The van der Waals surface area contributed by atoms with E-state index in [1.54, 1.807) is 12.1 Å². The predicted molar refractivity (Wildman–Crippen MR) is 113 cm³/mol. The van der Waals surface area contributed by atoms with E-state index in [-0.39, 0.29) is 28.3 Å². The highest BCUT2D eigenvalue weighted by Gasteiger charge is 2.12. The molecule has 11 heteroatoms. The molecule has 0 bridgehead atoms. The number of nitrogens with one attached hydrogen (secondary N) is 1. The Kier molecular flexibility index (Phi) is 6.61. The molecular weight excluding hydrogens is 420 g/mol. The SMILES string of the molecule is O=C(NN=Cc1cccc(OC(=O)c2ccc([N+](=O)[O-])cc2)c1)c1ccc([N+](=O)[O-])cc1. The highest BCUT2D eigenvalue weighted by molar-refractivity contribution is 5.95. The average Bonchev–Trinajstić information content (AvgIpc) is 2.79. The van der Waals surface area contributed by atoms with Gasteiger partial charge in [0.15, 0.2) is 0 Å². The Morgan fingerprint density at radius 2 is 1.41 bits per heavy atom. The molecule has 0 aliphatic heterocycles. The van der Waals surface area contributed by atoms with Gasteiger partial charge in [-0.3, -0.25) is 25.0 Å². The first-order valence-corrected chi connectivity index (χ1v) is 8.98. The van der Waals surface area contributed by atoms with Gasteiger partial charge in [0.1, 0.15) is 5.75 Å². The Morgan fingerprint density at radius 3 is 1.97 bits per heavy atom. The minimum absolute atomic E-state index is 0.134. The van der Waals surface area contributed by atoms with E-state index in [9.17, 15) is 29.8 Å². The van der Waals surface area contributed by atoms with Crippen molar-refractivity contribution in [1.29, 1.82) is 0 Å². The van der Waals surface area contributed by atoms with Gasteiger partial charge in [-0.05, 0) is 42.0 Å². The number of nitro groups is 2. The Labute approximate surface area is 180 Å². The lowest BCUT2D eigenvalue weighted by Gasteiger charge is -2.05. The summed E-state index contributed by atoms with van der Waals surface area (Å²) in [4.78, 5) is 44.4. The van der Waals surface area contributed by atoms with Crippen molar-refractivity contribution in [3.8, 4) is 5.75 Å². The summed E-state index contributed by atoms with van der Waals surface area (Å²) in [6.07, 6.45) is 1.33. The lowest BCUT2D eigenvalue weighted by Crippen LogP contribution is -2.17. The zero-order valence-corrected chi connectivity index (χ0v) is 16.2. The topological polar surface area (TPSA) is 154 Å². The van der Waals surface area contributed by atoms with Gasteiger partial charge in [-0.1, -0.05) is 12.1 Å². The van der Waals surface area contributed by atoms with Crippen LogP contribution in [-0.2, 0) is 0 Å². The molecular formula is C21H14N4O7. The van der Waals surface area contributed by atoms with E-state index >= 15 is 0 Å². The summed E-state index contributed by atoms with van der Waals surface area (Å²) >= 11 is 0. The van der Waals surface area contributed by atoms with E-state index in [4.69, 9.17) is 4.74 Å². The smallest absolute Gasteiger partial charge is 0.343 e. The number of carbonyl (C=O) groups excluding carboxylic acids is 2. The number of rotatable bonds is 7. The first kappa shape index (κ1) is 21.8. The van der Waals surface area contributed by atoms with Gasteiger partial charge >= 0.3 is 5.97 Å². The highest BCUT2D eigenvalue weighted by Crippen LogP contribution is 2.17. The van der Waals surface area contributed by atoms with E-state index in [0.29, 0.717) is 5.56 Å². The molecule has 0 fully saturated rings.